The van der Waals surface area contributed by atoms with E-state index in [0.717, 1.165) is 21.2 Å². The molecule has 0 aliphatic heterocycles. The highest BCUT2D eigenvalue weighted by Gasteiger charge is 2.20. The molecule has 3 aromatic heterocycles. The SMILES string of the molecule is C=CCOC(=O)n1[nH]c(=O)c2ccccc21.C=CCOC(=O)n1c2ccccc2c(=O)n1Cc1ccccc1.C=CCOC(=O)n1nc(OCc2ccccc2)c2ccccc21. The van der Waals surface area contributed by atoms with Gasteiger partial charge in [0.2, 0.25) is 5.88 Å². The number of aromatic amines is 1. The van der Waals surface area contributed by atoms with Crippen molar-refractivity contribution in [1.29, 1.82) is 0 Å². The van der Waals surface area contributed by atoms with Crippen molar-refractivity contribution >= 4 is 51.0 Å². The maximum Gasteiger partial charge on any atom is 0.435 e. The molecule has 3 heterocycles. The van der Waals surface area contributed by atoms with Gasteiger partial charge in [0, 0.05) is 0 Å². The Bertz CT molecular complexity index is 2960. The summed E-state index contributed by atoms with van der Waals surface area (Å²) in [5.41, 5.74) is 3.09. The Morgan fingerprint density at radius 3 is 1.69 bits per heavy atom. The highest BCUT2D eigenvalue weighted by atomic mass is 16.6. The van der Waals surface area contributed by atoms with E-state index in [2.05, 4.69) is 29.9 Å². The lowest BCUT2D eigenvalue weighted by molar-refractivity contribution is 0.153. The molecule has 15 heteroatoms. The van der Waals surface area contributed by atoms with E-state index < -0.39 is 18.3 Å². The van der Waals surface area contributed by atoms with E-state index in [9.17, 15) is 24.0 Å². The number of ether oxygens (including phenoxy) is 4. The first-order valence-electron chi connectivity index (χ1n) is 19.2. The number of benzene rings is 5. The molecule has 0 radical (unpaired) electrons. The van der Waals surface area contributed by atoms with Crippen LogP contribution in [0, 0.1) is 0 Å². The predicted molar refractivity (Wildman–Crippen MR) is 236 cm³/mol. The first-order chi connectivity index (χ1) is 30.2. The third-order valence-electron chi connectivity index (χ3n) is 8.89. The monoisotopic (exact) mass is 834 g/mol. The zero-order chi connectivity index (χ0) is 43.8. The maximum absolute atomic E-state index is 12.6. The molecule has 8 rings (SSSR count). The van der Waals surface area contributed by atoms with Crippen LogP contribution in [-0.2, 0) is 27.4 Å². The molecule has 62 heavy (non-hydrogen) atoms. The lowest BCUT2D eigenvalue weighted by Gasteiger charge is -2.11. The molecular weight excluding hydrogens is 793 g/mol. The van der Waals surface area contributed by atoms with E-state index in [4.69, 9.17) is 18.9 Å². The summed E-state index contributed by atoms with van der Waals surface area (Å²) < 4.78 is 25.8. The van der Waals surface area contributed by atoms with Gasteiger partial charge in [0.25, 0.3) is 11.1 Å². The molecule has 0 atom stereocenters. The second-order valence-electron chi connectivity index (χ2n) is 13.1. The Morgan fingerprint density at radius 2 is 1.06 bits per heavy atom. The van der Waals surface area contributed by atoms with Crippen molar-refractivity contribution in [3.8, 4) is 5.88 Å². The van der Waals surface area contributed by atoms with Crippen LogP contribution in [0.1, 0.15) is 11.1 Å². The molecule has 0 saturated carbocycles. The molecule has 0 amide bonds. The Labute approximate surface area is 354 Å². The number of H-pyrrole nitrogens is 1. The van der Waals surface area contributed by atoms with Crippen molar-refractivity contribution < 1.29 is 33.3 Å². The molecule has 0 unspecified atom stereocenters. The molecule has 1 N–H and O–H groups in total. The molecule has 314 valence electrons. The number of rotatable bonds is 11. The summed E-state index contributed by atoms with van der Waals surface area (Å²) in [7, 11) is 0. The minimum Gasteiger partial charge on any atom is -0.471 e. The van der Waals surface area contributed by atoms with Gasteiger partial charge in [-0.1, -0.05) is 135 Å². The van der Waals surface area contributed by atoms with Crippen LogP contribution in [0.5, 0.6) is 5.88 Å². The van der Waals surface area contributed by atoms with E-state index in [0.29, 0.717) is 39.8 Å². The quantitative estimate of drug-likeness (QED) is 0.0988. The standard InChI is InChI=1S/2C18H16N2O3.C11H10N2O3/c1-2-12-22-18(21)20-16-11-7-6-10-15(16)17(19-20)23-13-14-8-4-3-5-9-14;1-2-12-23-18(22)20-16-11-7-6-10-15(16)17(21)19(20)13-14-8-4-3-5-9-14;1-2-7-16-11(15)13-9-6-4-3-5-8(9)10(14)12-13/h2*2-11H,1,12-13H2;2-6H,1,7H2,(H,12,14). The highest BCUT2D eigenvalue weighted by Crippen LogP contribution is 2.26. The Balaban J connectivity index is 0.000000158. The van der Waals surface area contributed by atoms with E-state index in [1.54, 1.807) is 54.6 Å². The minimum atomic E-state index is -0.627. The summed E-state index contributed by atoms with van der Waals surface area (Å²) in [6, 6.07) is 40.4. The van der Waals surface area contributed by atoms with Crippen molar-refractivity contribution in [3.05, 3.63) is 203 Å². The van der Waals surface area contributed by atoms with Crippen molar-refractivity contribution in [3.63, 3.8) is 0 Å². The van der Waals surface area contributed by atoms with Gasteiger partial charge in [0.1, 0.15) is 26.4 Å². The zero-order valence-electron chi connectivity index (χ0n) is 33.5. The molecule has 0 spiro atoms. The maximum atomic E-state index is 12.6. The van der Waals surface area contributed by atoms with Gasteiger partial charge in [0.05, 0.1) is 39.3 Å². The third-order valence-corrected chi connectivity index (χ3v) is 8.89. The number of fused-ring (bicyclic) bond motifs is 3. The van der Waals surface area contributed by atoms with Gasteiger partial charge in [-0.2, -0.15) is 14.0 Å². The minimum absolute atomic E-state index is 0.0882. The number of hydrogen-bond donors (Lipinski definition) is 1. The summed E-state index contributed by atoms with van der Waals surface area (Å²) >= 11 is 0. The number of para-hydroxylation sites is 3. The highest BCUT2D eigenvalue weighted by molar-refractivity contribution is 5.91. The second-order valence-corrected chi connectivity index (χ2v) is 13.1. The number of carbonyl (C=O) groups is 3. The van der Waals surface area contributed by atoms with Gasteiger partial charge >= 0.3 is 18.3 Å². The summed E-state index contributed by atoms with van der Waals surface area (Å²) in [5.74, 6) is 0.403. The summed E-state index contributed by atoms with van der Waals surface area (Å²) in [5, 5.41) is 8.36. The van der Waals surface area contributed by atoms with E-state index in [-0.39, 0.29) is 37.5 Å². The second kappa shape index (κ2) is 21.0. The predicted octanol–water partition coefficient (Wildman–Crippen LogP) is 8.31. The fourth-order valence-corrected chi connectivity index (χ4v) is 6.11. The molecule has 0 bridgehead atoms. The number of aromatic nitrogens is 6. The molecule has 0 saturated heterocycles. The van der Waals surface area contributed by atoms with Crippen LogP contribution in [-0.4, -0.2) is 67.0 Å². The normalized spacial score (nSPS) is 10.5. The summed E-state index contributed by atoms with van der Waals surface area (Å²) in [4.78, 5) is 60.1. The average molecular weight is 835 g/mol. The Kier molecular flexibility index (Phi) is 14.6. The van der Waals surface area contributed by atoms with Gasteiger partial charge in [-0.05, 0) is 47.5 Å². The lowest BCUT2D eigenvalue weighted by atomic mass is 10.2. The fourth-order valence-electron chi connectivity index (χ4n) is 6.11. The third kappa shape index (κ3) is 10.2. The van der Waals surface area contributed by atoms with Crippen LogP contribution in [0.2, 0.25) is 0 Å². The van der Waals surface area contributed by atoms with Crippen LogP contribution in [0.25, 0.3) is 32.7 Å². The van der Waals surface area contributed by atoms with E-state index in [1.165, 1.54) is 32.3 Å². The number of carbonyl (C=O) groups excluding carboxylic acids is 3. The first-order valence-corrected chi connectivity index (χ1v) is 19.2. The molecule has 5 aromatic carbocycles. The number of nitrogens with zero attached hydrogens (tertiary/aromatic N) is 5. The fraction of sp³-hybridized carbons (Fsp3) is 0.106. The van der Waals surface area contributed by atoms with E-state index in [1.807, 2.05) is 78.9 Å². The van der Waals surface area contributed by atoms with Gasteiger partial charge < -0.3 is 18.9 Å². The molecular formula is C47H42N6O9. The zero-order valence-corrected chi connectivity index (χ0v) is 33.5. The largest absolute Gasteiger partial charge is 0.471 e. The van der Waals surface area contributed by atoms with Crippen LogP contribution >= 0.6 is 0 Å². The van der Waals surface area contributed by atoms with Crippen molar-refractivity contribution in [1.82, 2.24) is 28.9 Å². The average Bonchev–Trinajstić information content (AvgIpc) is 3.95. The Morgan fingerprint density at radius 1 is 0.565 bits per heavy atom. The smallest absolute Gasteiger partial charge is 0.435 e. The first kappa shape index (κ1) is 43.1. The molecule has 0 fully saturated rings. The number of nitrogens with one attached hydrogen (secondary N) is 1. The summed E-state index contributed by atoms with van der Waals surface area (Å²) in [6.07, 6.45) is 2.68. The van der Waals surface area contributed by atoms with Gasteiger partial charge in [-0.15, -0.1) is 5.10 Å². The van der Waals surface area contributed by atoms with Crippen LogP contribution < -0.4 is 15.9 Å². The topological polar surface area (TPSA) is 171 Å². The van der Waals surface area contributed by atoms with Gasteiger partial charge in [0.15, 0.2) is 0 Å². The van der Waals surface area contributed by atoms with Crippen molar-refractivity contribution in [2.45, 2.75) is 13.2 Å². The van der Waals surface area contributed by atoms with Gasteiger partial charge in [-0.25, -0.2) is 19.1 Å². The number of hydrogen-bond acceptors (Lipinski definition) is 10. The van der Waals surface area contributed by atoms with Crippen LogP contribution in [0.15, 0.2) is 181 Å². The van der Waals surface area contributed by atoms with Gasteiger partial charge in [-0.3, -0.25) is 14.7 Å². The molecule has 0 aliphatic carbocycles. The lowest BCUT2D eigenvalue weighted by Crippen LogP contribution is -2.28. The van der Waals surface area contributed by atoms with Crippen molar-refractivity contribution in [2.75, 3.05) is 19.8 Å². The van der Waals surface area contributed by atoms with E-state index >= 15 is 0 Å². The van der Waals surface area contributed by atoms with Crippen LogP contribution in [0.4, 0.5) is 14.4 Å². The van der Waals surface area contributed by atoms with Crippen LogP contribution in [0.3, 0.4) is 0 Å². The Hall–Kier alpha value is -8.46. The van der Waals surface area contributed by atoms with Crippen molar-refractivity contribution in [2.24, 2.45) is 0 Å². The molecule has 15 nitrogen and oxygen atoms in total. The molecule has 8 aromatic rings. The summed E-state index contributed by atoms with van der Waals surface area (Å²) in [6.45, 7) is 11.5. The molecule has 0 aliphatic rings.